The molecule has 0 fully saturated rings. The van der Waals surface area contributed by atoms with Crippen LogP contribution in [0.4, 0.5) is 0 Å². The molecule has 0 unspecified atom stereocenters. The number of pyridine rings is 1. The van der Waals surface area contributed by atoms with Crippen molar-refractivity contribution < 1.29 is 0 Å². The molecule has 3 heterocycles. The van der Waals surface area contributed by atoms with E-state index in [0.717, 1.165) is 26.2 Å². The van der Waals surface area contributed by atoms with Crippen LogP contribution in [0.5, 0.6) is 0 Å². The van der Waals surface area contributed by atoms with Crippen molar-refractivity contribution in [2.75, 3.05) is 0 Å². The molecule has 3 rings (SSSR count). The molecule has 0 aromatic carbocycles. The van der Waals surface area contributed by atoms with Crippen molar-refractivity contribution >= 4 is 33.8 Å². The summed E-state index contributed by atoms with van der Waals surface area (Å²) in [6.07, 6.45) is 3.46. The van der Waals surface area contributed by atoms with E-state index in [-0.39, 0.29) is 5.56 Å². The maximum atomic E-state index is 12.7. The first-order valence-electron chi connectivity index (χ1n) is 6.19. The molecule has 1 N–H and O–H groups in total. The summed E-state index contributed by atoms with van der Waals surface area (Å²) in [5.74, 6) is 0. The lowest BCUT2D eigenvalue weighted by Crippen LogP contribution is -2.22. The first-order chi connectivity index (χ1) is 9.58. The second-order valence-electron chi connectivity index (χ2n) is 4.67. The van der Waals surface area contributed by atoms with Crippen LogP contribution in [0.3, 0.4) is 0 Å². The Kier molecular flexibility index (Phi) is 3.27. The Bertz CT molecular complexity index is 890. The van der Waals surface area contributed by atoms with Crippen LogP contribution in [-0.2, 0) is 6.54 Å². The normalized spacial score (nSPS) is 11.1. The van der Waals surface area contributed by atoms with Gasteiger partial charge in [0, 0.05) is 17.3 Å². The number of hydrogen-bond acceptors (Lipinski definition) is 4. The molecule has 4 nitrogen and oxygen atoms in total. The maximum Gasteiger partial charge on any atom is 0.263 e. The molecule has 6 heteroatoms. The molecule has 0 saturated carbocycles. The fourth-order valence-corrected chi connectivity index (χ4v) is 3.55. The predicted molar refractivity (Wildman–Crippen MR) is 84.1 cm³/mol. The van der Waals surface area contributed by atoms with Gasteiger partial charge in [0.25, 0.3) is 5.56 Å². The molecular formula is C14H13N3OS2. The highest BCUT2D eigenvalue weighted by Crippen LogP contribution is 2.25. The Hall–Kier alpha value is -1.79. The van der Waals surface area contributed by atoms with E-state index in [0.29, 0.717) is 11.3 Å². The Morgan fingerprint density at radius 2 is 2.25 bits per heavy atom. The smallest absolute Gasteiger partial charge is 0.263 e. The Morgan fingerprint density at radius 3 is 2.95 bits per heavy atom. The third kappa shape index (κ3) is 2.10. The third-order valence-electron chi connectivity index (χ3n) is 3.37. The maximum absolute atomic E-state index is 12.7. The number of thiophene rings is 1. The number of aryl methyl sites for hydroxylation is 2. The van der Waals surface area contributed by atoms with Crippen molar-refractivity contribution in [2.45, 2.75) is 20.4 Å². The lowest BCUT2D eigenvalue weighted by Gasteiger charge is -2.06. The van der Waals surface area contributed by atoms with E-state index in [1.807, 2.05) is 26.0 Å². The third-order valence-corrected chi connectivity index (χ3v) is 4.82. The van der Waals surface area contributed by atoms with Crippen molar-refractivity contribution in [1.82, 2.24) is 14.5 Å². The number of aromatic nitrogens is 3. The van der Waals surface area contributed by atoms with Gasteiger partial charge in [-0.3, -0.25) is 14.3 Å². The van der Waals surface area contributed by atoms with Gasteiger partial charge in [-0.25, -0.2) is 0 Å². The second kappa shape index (κ2) is 4.96. The van der Waals surface area contributed by atoms with E-state index >= 15 is 0 Å². The molecule has 0 radical (unpaired) electrons. The van der Waals surface area contributed by atoms with E-state index in [4.69, 9.17) is 12.2 Å². The van der Waals surface area contributed by atoms with E-state index in [1.54, 1.807) is 28.3 Å². The minimum Gasteiger partial charge on any atom is -0.323 e. The average molecular weight is 303 g/mol. The fraction of sp³-hybridized carbons (Fsp3) is 0.214. The number of nitrogens with zero attached hydrogens (tertiary/aromatic N) is 2. The predicted octanol–water partition coefficient (Wildman–Crippen LogP) is 3.18. The molecule has 0 aliphatic carbocycles. The van der Waals surface area contributed by atoms with Gasteiger partial charge in [-0.05, 0) is 43.3 Å². The van der Waals surface area contributed by atoms with Gasteiger partial charge in [0.05, 0.1) is 11.9 Å². The average Bonchev–Trinajstić information content (AvgIpc) is 2.71. The summed E-state index contributed by atoms with van der Waals surface area (Å²) in [6.45, 7) is 4.43. The molecule has 3 aromatic heterocycles. The Balaban J connectivity index is 2.24. The molecule has 20 heavy (non-hydrogen) atoms. The van der Waals surface area contributed by atoms with Crippen LogP contribution in [0.1, 0.15) is 16.0 Å². The molecule has 0 spiro atoms. The SMILES string of the molecule is Cc1sc2[nH]c(=S)n(Cc3cccnc3)c(=O)c2c1C. The lowest BCUT2D eigenvalue weighted by molar-refractivity contribution is 0.732. The molecule has 0 amide bonds. The summed E-state index contributed by atoms with van der Waals surface area (Å²) in [6, 6.07) is 3.79. The summed E-state index contributed by atoms with van der Waals surface area (Å²) in [5.41, 5.74) is 1.95. The summed E-state index contributed by atoms with van der Waals surface area (Å²) < 4.78 is 2.04. The van der Waals surface area contributed by atoms with E-state index in [2.05, 4.69) is 9.97 Å². The minimum atomic E-state index is -0.0329. The Morgan fingerprint density at radius 1 is 1.45 bits per heavy atom. The van der Waals surface area contributed by atoms with Crippen LogP contribution in [0.15, 0.2) is 29.3 Å². The molecule has 0 bridgehead atoms. The van der Waals surface area contributed by atoms with Gasteiger partial charge in [0.2, 0.25) is 0 Å². The number of fused-ring (bicyclic) bond motifs is 1. The van der Waals surface area contributed by atoms with E-state index in [1.165, 1.54) is 0 Å². The van der Waals surface area contributed by atoms with Crippen molar-refractivity contribution in [1.29, 1.82) is 0 Å². The van der Waals surface area contributed by atoms with Crippen LogP contribution in [0.25, 0.3) is 10.2 Å². The van der Waals surface area contributed by atoms with Gasteiger partial charge in [0.1, 0.15) is 4.83 Å². The van der Waals surface area contributed by atoms with Crippen LogP contribution in [0, 0.1) is 18.6 Å². The molecule has 3 aromatic rings. The summed E-state index contributed by atoms with van der Waals surface area (Å²) >= 11 is 6.89. The zero-order chi connectivity index (χ0) is 14.3. The second-order valence-corrected chi connectivity index (χ2v) is 6.28. The Labute approximate surface area is 124 Å². The molecule has 0 aliphatic rings. The fourth-order valence-electron chi connectivity index (χ4n) is 2.18. The zero-order valence-corrected chi connectivity index (χ0v) is 12.8. The van der Waals surface area contributed by atoms with Gasteiger partial charge in [-0.2, -0.15) is 0 Å². The molecular weight excluding hydrogens is 290 g/mol. The lowest BCUT2D eigenvalue weighted by atomic mass is 10.2. The van der Waals surface area contributed by atoms with Crippen molar-refractivity contribution in [3.05, 3.63) is 55.7 Å². The highest BCUT2D eigenvalue weighted by atomic mass is 32.1. The van der Waals surface area contributed by atoms with Crippen molar-refractivity contribution in [3.63, 3.8) is 0 Å². The van der Waals surface area contributed by atoms with Gasteiger partial charge in [0.15, 0.2) is 4.77 Å². The first kappa shape index (κ1) is 13.2. The van der Waals surface area contributed by atoms with Crippen molar-refractivity contribution in [3.8, 4) is 0 Å². The molecule has 0 atom stereocenters. The van der Waals surface area contributed by atoms with Crippen LogP contribution >= 0.6 is 23.6 Å². The summed E-state index contributed by atoms with van der Waals surface area (Å²) in [4.78, 5) is 21.9. The largest absolute Gasteiger partial charge is 0.323 e. The van der Waals surface area contributed by atoms with Gasteiger partial charge < -0.3 is 4.98 Å². The number of rotatable bonds is 2. The van der Waals surface area contributed by atoms with Crippen LogP contribution in [-0.4, -0.2) is 14.5 Å². The topological polar surface area (TPSA) is 50.7 Å². The van der Waals surface area contributed by atoms with Crippen LogP contribution in [0.2, 0.25) is 0 Å². The summed E-state index contributed by atoms with van der Waals surface area (Å²) in [7, 11) is 0. The number of aromatic amines is 1. The molecule has 0 saturated heterocycles. The van der Waals surface area contributed by atoms with Gasteiger partial charge in [-0.1, -0.05) is 6.07 Å². The van der Waals surface area contributed by atoms with Gasteiger partial charge in [-0.15, -0.1) is 11.3 Å². The molecule has 0 aliphatic heterocycles. The first-order valence-corrected chi connectivity index (χ1v) is 7.42. The minimum absolute atomic E-state index is 0.0329. The van der Waals surface area contributed by atoms with Crippen LogP contribution < -0.4 is 5.56 Å². The quantitative estimate of drug-likeness (QED) is 0.740. The van der Waals surface area contributed by atoms with E-state index < -0.39 is 0 Å². The monoisotopic (exact) mass is 303 g/mol. The zero-order valence-electron chi connectivity index (χ0n) is 11.1. The van der Waals surface area contributed by atoms with Crippen molar-refractivity contribution in [2.24, 2.45) is 0 Å². The molecule has 102 valence electrons. The highest BCUT2D eigenvalue weighted by Gasteiger charge is 2.12. The van der Waals surface area contributed by atoms with E-state index in [9.17, 15) is 4.79 Å². The standard InChI is InChI=1S/C14H13N3OS2/c1-8-9(2)20-12-11(8)13(18)17(14(19)16-12)7-10-4-3-5-15-6-10/h3-6H,7H2,1-2H3,(H,16,19). The summed E-state index contributed by atoms with van der Waals surface area (Å²) in [5, 5.41) is 0.741. The number of H-pyrrole nitrogens is 1. The number of hydrogen-bond donors (Lipinski definition) is 1. The highest BCUT2D eigenvalue weighted by molar-refractivity contribution is 7.71. The number of nitrogens with one attached hydrogen (secondary N) is 1. The van der Waals surface area contributed by atoms with Gasteiger partial charge >= 0.3 is 0 Å².